The zero-order chi connectivity index (χ0) is 18.7. The number of carbonyl (C=O) groups is 2. The van der Waals surface area contributed by atoms with Gasteiger partial charge in [-0.1, -0.05) is 28.1 Å². The molecular weight excluding hydrogens is 516 g/mol. The Balaban J connectivity index is 1.83. The molecule has 1 unspecified atom stereocenters. The number of imide groups is 1. The quantitative estimate of drug-likeness (QED) is 0.395. The van der Waals surface area contributed by atoms with Crippen molar-refractivity contribution in [2.75, 3.05) is 6.54 Å². The van der Waals surface area contributed by atoms with Crippen LogP contribution in [0.5, 0.6) is 5.75 Å². The smallest absolute Gasteiger partial charge is 0.229 e. The molecule has 2 aromatic carbocycles. The van der Waals surface area contributed by atoms with Gasteiger partial charge >= 0.3 is 0 Å². The molecule has 4 nitrogen and oxygen atoms in total. The molecule has 26 heavy (non-hydrogen) atoms. The predicted molar refractivity (Wildman–Crippen MR) is 107 cm³/mol. The molecule has 2 amide bonds. The van der Waals surface area contributed by atoms with E-state index in [2.05, 4.69) is 38.5 Å². The number of nitrogens with zero attached hydrogens (tertiary/aromatic N) is 1. The molecule has 0 aliphatic carbocycles. The van der Waals surface area contributed by atoms with Crippen molar-refractivity contribution in [3.8, 4) is 5.75 Å². The van der Waals surface area contributed by atoms with Crippen molar-refractivity contribution < 1.29 is 18.7 Å². The lowest BCUT2D eigenvalue weighted by atomic mass is 10.1. The van der Waals surface area contributed by atoms with E-state index in [1.807, 2.05) is 24.3 Å². The van der Waals surface area contributed by atoms with Gasteiger partial charge < -0.3 is 4.74 Å². The average Bonchev–Trinajstić information content (AvgIpc) is 2.90. The summed E-state index contributed by atoms with van der Waals surface area (Å²) >= 11 is 5.58. The van der Waals surface area contributed by atoms with E-state index in [1.165, 1.54) is 17.0 Å². The molecule has 1 heterocycles. The number of ether oxygens (including phenoxy) is 1. The first kappa shape index (κ1) is 19.3. The van der Waals surface area contributed by atoms with Gasteiger partial charge in [0.2, 0.25) is 11.8 Å². The van der Waals surface area contributed by atoms with Crippen molar-refractivity contribution >= 4 is 50.3 Å². The van der Waals surface area contributed by atoms with Gasteiger partial charge in [0.15, 0.2) is 0 Å². The topological polar surface area (TPSA) is 46.6 Å². The summed E-state index contributed by atoms with van der Waals surface area (Å²) in [5, 5.41) is 0. The number of halogens is 3. The van der Waals surface area contributed by atoms with Crippen LogP contribution in [0.15, 0.2) is 46.9 Å². The number of benzene rings is 2. The molecule has 0 aromatic heterocycles. The third-order valence-electron chi connectivity index (χ3n) is 4.15. The molecule has 0 radical (unpaired) electrons. The van der Waals surface area contributed by atoms with E-state index in [9.17, 15) is 14.0 Å². The van der Waals surface area contributed by atoms with Crippen LogP contribution in [0.25, 0.3) is 0 Å². The fourth-order valence-electron chi connectivity index (χ4n) is 2.86. The second kappa shape index (κ2) is 8.47. The van der Waals surface area contributed by atoms with Gasteiger partial charge in [0.1, 0.15) is 17.7 Å². The molecule has 1 aliphatic heterocycles. The number of carbonyl (C=O) groups excluding carboxylic acids is 2. The molecule has 0 spiro atoms. The summed E-state index contributed by atoms with van der Waals surface area (Å²) in [5.74, 6) is 0.0260. The standard InChI is InChI=1S/C19H16BrFINO3/c20-16-10-12(21)4-5-15(16)17(26-14-3-1-2-13(22)11-14)8-9-23-18(24)6-7-19(23)25/h1-5,10-11,17H,6-9H2. The minimum atomic E-state index is -0.427. The first-order chi connectivity index (χ1) is 12.4. The molecule has 7 heteroatoms. The normalized spacial score (nSPS) is 15.4. The van der Waals surface area contributed by atoms with Gasteiger partial charge in [0, 0.05) is 39.4 Å². The lowest BCUT2D eigenvalue weighted by Gasteiger charge is -2.23. The average molecular weight is 532 g/mol. The Morgan fingerprint density at radius 3 is 2.54 bits per heavy atom. The summed E-state index contributed by atoms with van der Waals surface area (Å²) < 4.78 is 21.2. The minimum Gasteiger partial charge on any atom is -0.486 e. The van der Waals surface area contributed by atoms with Crippen molar-refractivity contribution in [3.05, 3.63) is 61.9 Å². The maximum absolute atomic E-state index is 13.5. The molecule has 0 N–H and O–H groups in total. The summed E-state index contributed by atoms with van der Waals surface area (Å²) in [6.45, 7) is 0.274. The Morgan fingerprint density at radius 1 is 1.15 bits per heavy atom. The van der Waals surface area contributed by atoms with Crippen molar-refractivity contribution in [2.24, 2.45) is 0 Å². The minimum absolute atomic E-state index is 0.152. The fourth-order valence-corrected chi connectivity index (χ4v) is 3.98. The van der Waals surface area contributed by atoms with E-state index in [1.54, 1.807) is 6.07 Å². The third-order valence-corrected chi connectivity index (χ3v) is 5.51. The number of likely N-dealkylation sites (tertiary alicyclic amines) is 1. The van der Waals surface area contributed by atoms with Crippen LogP contribution in [0.2, 0.25) is 0 Å². The summed E-state index contributed by atoms with van der Waals surface area (Å²) in [4.78, 5) is 25.0. The molecule has 0 bridgehead atoms. The van der Waals surface area contributed by atoms with Crippen LogP contribution in [0.4, 0.5) is 4.39 Å². The SMILES string of the molecule is O=C1CCC(=O)N1CCC(Oc1cccc(I)c1)c1ccc(F)cc1Br. The van der Waals surface area contributed by atoms with Crippen LogP contribution >= 0.6 is 38.5 Å². The lowest BCUT2D eigenvalue weighted by Crippen LogP contribution is -2.31. The lowest BCUT2D eigenvalue weighted by molar-refractivity contribution is -0.138. The predicted octanol–water partition coefficient (Wildman–Crippen LogP) is 4.85. The van der Waals surface area contributed by atoms with Crippen LogP contribution in [-0.2, 0) is 9.59 Å². The highest BCUT2D eigenvalue weighted by molar-refractivity contribution is 14.1. The molecule has 1 saturated heterocycles. The highest BCUT2D eigenvalue weighted by Gasteiger charge is 2.30. The monoisotopic (exact) mass is 531 g/mol. The molecule has 3 rings (SSSR count). The Hall–Kier alpha value is -1.48. The van der Waals surface area contributed by atoms with Gasteiger partial charge in [0.25, 0.3) is 0 Å². The number of rotatable bonds is 6. The Labute approximate surface area is 173 Å². The van der Waals surface area contributed by atoms with E-state index < -0.39 is 6.10 Å². The van der Waals surface area contributed by atoms with E-state index in [-0.39, 0.29) is 37.0 Å². The van der Waals surface area contributed by atoms with Crippen LogP contribution < -0.4 is 4.74 Å². The third kappa shape index (κ3) is 4.62. The van der Waals surface area contributed by atoms with Gasteiger partial charge in [-0.3, -0.25) is 14.5 Å². The number of amides is 2. The van der Waals surface area contributed by atoms with Crippen molar-refractivity contribution in [3.63, 3.8) is 0 Å². The molecule has 1 fully saturated rings. The largest absolute Gasteiger partial charge is 0.486 e. The Bertz CT molecular complexity index is 829. The van der Waals surface area contributed by atoms with Crippen LogP contribution in [0.1, 0.15) is 30.9 Å². The Kier molecular flexibility index (Phi) is 6.29. The molecule has 1 atom stereocenters. The maximum atomic E-state index is 13.5. The van der Waals surface area contributed by atoms with Gasteiger partial charge in [-0.25, -0.2) is 4.39 Å². The summed E-state index contributed by atoms with van der Waals surface area (Å²) in [6.07, 6.45) is 0.528. The number of hydrogen-bond donors (Lipinski definition) is 0. The second-order valence-corrected chi connectivity index (χ2v) is 8.06. The summed E-state index contributed by atoms with van der Waals surface area (Å²) in [5.41, 5.74) is 0.768. The van der Waals surface area contributed by atoms with Crippen LogP contribution in [-0.4, -0.2) is 23.3 Å². The number of hydrogen-bond acceptors (Lipinski definition) is 3. The highest BCUT2D eigenvalue weighted by atomic mass is 127. The highest BCUT2D eigenvalue weighted by Crippen LogP contribution is 2.32. The van der Waals surface area contributed by atoms with E-state index in [0.29, 0.717) is 16.6 Å². The van der Waals surface area contributed by atoms with Crippen molar-refractivity contribution in [1.29, 1.82) is 0 Å². The maximum Gasteiger partial charge on any atom is 0.229 e. The molecule has 2 aromatic rings. The van der Waals surface area contributed by atoms with Crippen LogP contribution in [0.3, 0.4) is 0 Å². The van der Waals surface area contributed by atoms with E-state index in [0.717, 1.165) is 9.13 Å². The van der Waals surface area contributed by atoms with Gasteiger partial charge in [-0.15, -0.1) is 0 Å². The zero-order valence-corrected chi connectivity index (χ0v) is 17.5. The van der Waals surface area contributed by atoms with E-state index in [4.69, 9.17) is 4.74 Å². The van der Waals surface area contributed by atoms with Crippen molar-refractivity contribution in [1.82, 2.24) is 4.90 Å². The first-order valence-electron chi connectivity index (χ1n) is 8.14. The zero-order valence-electron chi connectivity index (χ0n) is 13.8. The molecular formula is C19H16BrFINO3. The van der Waals surface area contributed by atoms with E-state index >= 15 is 0 Å². The van der Waals surface area contributed by atoms with Gasteiger partial charge in [-0.05, 0) is 52.9 Å². The first-order valence-corrected chi connectivity index (χ1v) is 10.0. The molecule has 1 aliphatic rings. The van der Waals surface area contributed by atoms with Gasteiger partial charge in [-0.2, -0.15) is 0 Å². The van der Waals surface area contributed by atoms with Crippen molar-refractivity contribution in [2.45, 2.75) is 25.4 Å². The molecule has 136 valence electrons. The summed E-state index contributed by atoms with van der Waals surface area (Å²) in [6, 6.07) is 12.0. The van der Waals surface area contributed by atoms with Gasteiger partial charge in [0.05, 0.1) is 0 Å². The Morgan fingerprint density at radius 2 is 1.88 bits per heavy atom. The molecule has 0 saturated carbocycles. The van der Waals surface area contributed by atoms with Crippen LogP contribution in [0, 0.1) is 9.39 Å². The summed E-state index contributed by atoms with van der Waals surface area (Å²) in [7, 11) is 0. The fraction of sp³-hybridized carbons (Fsp3) is 0.263. The second-order valence-electron chi connectivity index (χ2n) is 5.96.